The third-order valence-corrected chi connectivity index (χ3v) is 4.39. The van der Waals surface area contributed by atoms with Crippen molar-refractivity contribution in [3.05, 3.63) is 65.6 Å². The van der Waals surface area contributed by atoms with Crippen LogP contribution in [0.1, 0.15) is 17.2 Å². The Morgan fingerprint density at radius 2 is 1.93 bits per heavy atom. The van der Waals surface area contributed by atoms with Crippen LogP contribution in [0.2, 0.25) is 0 Å². The molecule has 0 aliphatic carbocycles. The molecule has 6 nitrogen and oxygen atoms in total. The predicted molar refractivity (Wildman–Crippen MR) is 101 cm³/mol. The minimum Gasteiger partial charge on any atom is -0.387 e. The fourth-order valence-electron chi connectivity index (χ4n) is 2.75. The number of aliphatic hydroxyl groups excluding tert-OH is 1. The summed E-state index contributed by atoms with van der Waals surface area (Å²) in [5.41, 5.74) is 2.29. The van der Waals surface area contributed by atoms with E-state index in [0.29, 0.717) is 11.1 Å². The zero-order valence-corrected chi connectivity index (χ0v) is 15.0. The Hall–Kier alpha value is -3.19. The van der Waals surface area contributed by atoms with Gasteiger partial charge in [-0.1, -0.05) is 12.1 Å². The van der Waals surface area contributed by atoms with Crippen LogP contribution in [0.25, 0.3) is 10.9 Å². The van der Waals surface area contributed by atoms with E-state index < -0.39 is 23.7 Å². The Kier molecular flexibility index (Phi) is 5.23. The zero-order valence-electron chi connectivity index (χ0n) is 15.0. The number of anilines is 1. The molecule has 3 aromatic rings. The van der Waals surface area contributed by atoms with Crippen molar-refractivity contribution in [1.29, 1.82) is 0 Å². The predicted octanol–water partition coefficient (Wildman–Crippen LogP) is 2.41. The number of benzene rings is 2. The van der Waals surface area contributed by atoms with Gasteiger partial charge in [-0.3, -0.25) is 9.59 Å². The minimum atomic E-state index is -0.955. The van der Waals surface area contributed by atoms with Gasteiger partial charge in [0.25, 0.3) is 0 Å². The first kappa shape index (κ1) is 18.6. The molecule has 0 saturated carbocycles. The molecule has 2 aromatic carbocycles. The lowest BCUT2D eigenvalue weighted by Gasteiger charge is -2.13. The molecule has 3 rings (SSSR count). The number of hydrogen-bond acceptors (Lipinski definition) is 3. The number of carbonyl (C=O) groups is 2. The van der Waals surface area contributed by atoms with Gasteiger partial charge in [0, 0.05) is 31.0 Å². The number of hydrogen-bond donors (Lipinski definition) is 3. The molecule has 7 heteroatoms. The van der Waals surface area contributed by atoms with Crippen molar-refractivity contribution >= 4 is 28.4 Å². The van der Waals surface area contributed by atoms with Crippen LogP contribution in [0.3, 0.4) is 0 Å². The number of aromatic nitrogens is 1. The van der Waals surface area contributed by atoms with Crippen molar-refractivity contribution in [3.63, 3.8) is 0 Å². The molecule has 0 aliphatic heterocycles. The van der Waals surface area contributed by atoms with E-state index in [1.165, 1.54) is 12.1 Å². The van der Waals surface area contributed by atoms with E-state index in [1.54, 1.807) is 13.0 Å². The highest BCUT2D eigenvalue weighted by atomic mass is 19.1. The Morgan fingerprint density at radius 1 is 1.15 bits per heavy atom. The van der Waals surface area contributed by atoms with Crippen LogP contribution in [0.15, 0.2) is 48.7 Å². The molecule has 140 valence electrons. The van der Waals surface area contributed by atoms with Crippen LogP contribution in [0.4, 0.5) is 10.1 Å². The number of amides is 2. The van der Waals surface area contributed by atoms with Crippen molar-refractivity contribution < 1.29 is 19.1 Å². The van der Waals surface area contributed by atoms with Gasteiger partial charge in [-0.25, -0.2) is 4.39 Å². The fourth-order valence-corrected chi connectivity index (χ4v) is 2.75. The van der Waals surface area contributed by atoms with E-state index in [1.807, 2.05) is 36.0 Å². The molecule has 1 heterocycles. The van der Waals surface area contributed by atoms with Gasteiger partial charge in [0.2, 0.25) is 0 Å². The Bertz CT molecular complexity index is 1010. The van der Waals surface area contributed by atoms with Crippen molar-refractivity contribution in [1.82, 2.24) is 9.88 Å². The lowest BCUT2D eigenvalue weighted by atomic mass is 10.1. The maximum absolute atomic E-state index is 13.5. The Labute approximate surface area is 155 Å². The first-order valence-electron chi connectivity index (χ1n) is 8.43. The molecule has 0 unspecified atom stereocenters. The lowest BCUT2D eigenvalue weighted by molar-refractivity contribution is -0.136. The zero-order chi connectivity index (χ0) is 19.6. The third kappa shape index (κ3) is 4.15. The number of aliphatic hydroxyl groups is 1. The second-order valence-corrected chi connectivity index (χ2v) is 6.39. The van der Waals surface area contributed by atoms with Gasteiger partial charge in [-0.15, -0.1) is 0 Å². The van der Waals surface area contributed by atoms with Crippen LogP contribution in [0.5, 0.6) is 0 Å². The molecule has 27 heavy (non-hydrogen) atoms. The summed E-state index contributed by atoms with van der Waals surface area (Å²) in [5.74, 6) is -2.31. The summed E-state index contributed by atoms with van der Waals surface area (Å²) in [6, 6.07) is 11.6. The highest BCUT2D eigenvalue weighted by Gasteiger charge is 2.17. The quantitative estimate of drug-likeness (QED) is 0.618. The fraction of sp³-hybridized carbons (Fsp3) is 0.200. The van der Waals surface area contributed by atoms with Crippen molar-refractivity contribution in [2.75, 3.05) is 11.9 Å². The van der Waals surface area contributed by atoms with E-state index in [0.717, 1.165) is 17.0 Å². The van der Waals surface area contributed by atoms with Gasteiger partial charge in [0.05, 0.1) is 6.10 Å². The standard InChI is InChI=1S/C20H20FN3O3/c1-12-3-5-15(10-16(12)21)23-20(27)19(26)22-11-18(25)14-4-6-17-13(9-14)7-8-24(17)2/h3-10,18,25H,11H2,1-2H3,(H,22,26)(H,23,27)/t18-/m0/s1. The Morgan fingerprint density at radius 3 is 2.67 bits per heavy atom. The third-order valence-electron chi connectivity index (χ3n) is 4.39. The van der Waals surface area contributed by atoms with Crippen molar-refractivity contribution in [3.8, 4) is 0 Å². The second-order valence-electron chi connectivity index (χ2n) is 6.39. The number of halogens is 1. The highest BCUT2D eigenvalue weighted by Crippen LogP contribution is 2.20. The number of carbonyl (C=O) groups excluding carboxylic acids is 2. The average molecular weight is 369 g/mol. The molecule has 0 radical (unpaired) electrons. The summed E-state index contributed by atoms with van der Waals surface area (Å²) < 4.78 is 15.5. The van der Waals surface area contributed by atoms with E-state index >= 15 is 0 Å². The average Bonchev–Trinajstić information content (AvgIpc) is 3.02. The normalized spacial score (nSPS) is 12.0. The smallest absolute Gasteiger partial charge is 0.313 e. The molecule has 0 bridgehead atoms. The summed E-state index contributed by atoms with van der Waals surface area (Å²) >= 11 is 0. The molecule has 0 aliphatic rings. The van der Waals surface area contributed by atoms with Gasteiger partial charge < -0.3 is 20.3 Å². The molecule has 0 fully saturated rings. The van der Waals surface area contributed by atoms with E-state index in [9.17, 15) is 19.1 Å². The number of nitrogens with one attached hydrogen (secondary N) is 2. The lowest BCUT2D eigenvalue weighted by Crippen LogP contribution is -2.37. The molecule has 0 saturated heterocycles. The summed E-state index contributed by atoms with van der Waals surface area (Å²) in [6.45, 7) is 1.48. The molecule has 1 aromatic heterocycles. The van der Waals surface area contributed by atoms with E-state index in [4.69, 9.17) is 0 Å². The largest absolute Gasteiger partial charge is 0.387 e. The van der Waals surface area contributed by atoms with E-state index in [-0.39, 0.29) is 12.2 Å². The summed E-state index contributed by atoms with van der Waals surface area (Å²) in [4.78, 5) is 23.8. The van der Waals surface area contributed by atoms with Gasteiger partial charge in [0.1, 0.15) is 5.82 Å². The summed E-state index contributed by atoms with van der Waals surface area (Å²) in [6.07, 6.45) is 0.962. The van der Waals surface area contributed by atoms with Gasteiger partial charge >= 0.3 is 11.8 Å². The number of nitrogens with zero attached hydrogens (tertiary/aromatic N) is 1. The molecule has 0 spiro atoms. The molecule has 2 amide bonds. The second kappa shape index (κ2) is 7.59. The Balaban J connectivity index is 1.58. The number of rotatable bonds is 4. The molecular formula is C20H20FN3O3. The monoisotopic (exact) mass is 369 g/mol. The van der Waals surface area contributed by atoms with Crippen LogP contribution >= 0.6 is 0 Å². The molecular weight excluding hydrogens is 349 g/mol. The SMILES string of the molecule is Cc1ccc(NC(=O)C(=O)NC[C@H](O)c2ccc3c(ccn3C)c2)cc1F. The van der Waals surface area contributed by atoms with Gasteiger partial charge in [-0.05, 0) is 53.8 Å². The molecule has 3 N–H and O–H groups in total. The maximum atomic E-state index is 13.5. The van der Waals surface area contributed by atoms with Crippen LogP contribution in [-0.4, -0.2) is 28.0 Å². The van der Waals surface area contributed by atoms with Crippen LogP contribution in [0, 0.1) is 12.7 Å². The van der Waals surface area contributed by atoms with Crippen molar-refractivity contribution in [2.24, 2.45) is 7.05 Å². The van der Waals surface area contributed by atoms with Gasteiger partial charge in [0.15, 0.2) is 0 Å². The maximum Gasteiger partial charge on any atom is 0.313 e. The van der Waals surface area contributed by atoms with Gasteiger partial charge in [-0.2, -0.15) is 0 Å². The first-order chi connectivity index (χ1) is 12.8. The van der Waals surface area contributed by atoms with Crippen molar-refractivity contribution in [2.45, 2.75) is 13.0 Å². The number of aryl methyl sites for hydroxylation is 2. The van der Waals surface area contributed by atoms with Crippen LogP contribution < -0.4 is 10.6 Å². The van der Waals surface area contributed by atoms with E-state index in [2.05, 4.69) is 10.6 Å². The first-order valence-corrected chi connectivity index (χ1v) is 8.43. The topological polar surface area (TPSA) is 83.4 Å². The highest BCUT2D eigenvalue weighted by molar-refractivity contribution is 6.39. The minimum absolute atomic E-state index is 0.118. The number of fused-ring (bicyclic) bond motifs is 1. The van der Waals surface area contributed by atoms with Crippen LogP contribution in [-0.2, 0) is 16.6 Å². The summed E-state index contributed by atoms with van der Waals surface area (Å²) in [5, 5.41) is 15.9. The summed E-state index contributed by atoms with van der Waals surface area (Å²) in [7, 11) is 1.93. The molecule has 1 atom stereocenters.